The Morgan fingerprint density at radius 1 is 1.12 bits per heavy atom. The van der Waals surface area contributed by atoms with E-state index >= 15 is 0 Å². The minimum atomic E-state index is -0.307. The van der Waals surface area contributed by atoms with Gasteiger partial charge in [0.1, 0.15) is 11.6 Å². The van der Waals surface area contributed by atoms with E-state index in [0.717, 1.165) is 4.47 Å². The topological polar surface area (TPSA) is 92.2 Å². The SMILES string of the molecule is COc1ccc(-n2[nH]c3c(c2=O)CCN(C(=O)Nc2ccc(Br)cc2)c2ncccc2-3)cc1. The van der Waals surface area contributed by atoms with Gasteiger partial charge >= 0.3 is 6.03 Å². The van der Waals surface area contributed by atoms with E-state index in [1.807, 2.05) is 42.5 Å². The summed E-state index contributed by atoms with van der Waals surface area (Å²) in [6.07, 6.45) is 2.03. The van der Waals surface area contributed by atoms with Gasteiger partial charge in [-0.1, -0.05) is 15.9 Å². The number of fused-ring (bicyclic) bond motifs is 3. The van der Waals surface area contributed by atoms with Crippen molar-refractivity contribution in [2.24, 2.45) is 0 Å². The van der Waals surface area contributed by atoms with E-state index in [9.17, 15) is 9.59 Å². The highest BCUT2D eigenvalue weighted by atomic mass is 79.9. The number of methoxy groups -OCH3 is 1. The molecule has 0 atom stereocenters. The molecule has 8 nitrogen and oxygen atoms in total. The van der Waals surface area contributed by atoms with Crippen molar-refractivity contribution in [3.8, 4) is 22.7 Å². The fraction of sp³-hybridized carbons (Fsp3) is 0.125. The smallest absolute Gasteiger partial charge is 0.327 e. The molecule has 2 N–H and O–H groups in total. The summed E-state index contributed by atoms with van der Waals surface area (Å²) in [5.41, 5.74) is 3.19. The summed E-state index contributed by atoms with van der Waals surface area (Å²) >= 11 is 3.39. The molecule has 0 saturated carbocycles. The number of hydrogen-bond donors (Lipinski definition) is 2. The number of hydrogen-bond acceptors (Lipinski definition) is 4. The lowest BCUT2D eigenvalue weighted by Gasteiger charge is -2.22. The van der Waals surface area contributed by atoms with E-state index in [2.05, 4.69) is 31.3 Å². The number of aromatic nitrogens is 3. The average molecular weight is 506 g/mol. The molecule has 0 spiro atoms. The average Bonchev–Trinajstić information content (AvgIpc) is 3.07. The maximum atomic E-state index is 13.3. The van der Waals surface area contributed by atoms with Crippen LogP contribution in [0.15, 0.2) is 76.1 Å². The van der Waals surface area contributed by atoms with E-state index in [1.54, 1.807) is 36.4 Å². The van der Waals surface area contributed by atoms with Crippen LogP contribution in [0, 0.1) is 0 Å². The summed E-state index contributed by atoms with van der Waals surface area (Å²) in [5, 5.41) is 6.14. The lowest BCUT2D eigenvalue weighted by molar-refractivity contribution is 0.257. The normalized spacial score (nSPS) is 12.5. The van der Waals surface area contributed by atoms with Crippen molar-refractivity contribution < 1.29 is 9.53 Å². The second kappa shape index (κ2) is 8.59. The molecule has 166 valence electrons. The number of rotatable bonds is 3. The summed E-state index contributed by atoms with van der Waals surface area (Å²) in [4.78, 5) is 32.5. The number of H-pyrrole nitrogens is 1. The zero-order valence-electron chi connectivity index (χ0n) is 17.7. The van der Waals surface area contributed by atoms with Crippen LogP contribution < -0.4 is 20.5 Å². The number of ether oxygens (including phenoxy) is 1. The van der Waals surface area contributed by atoms with Crippen LogP contribution in [0.3, 0.4) is 0 Å². The van der Waals surface area contributed by atoms with Crippen molar-refractivity contribution in [1.82, 2.24) is 14.8 Å². The molecule has 0 unspecified atom stereocenters. The first-order valence-corrected chi connectivity index (χ1v) is 11.1. The van der Waals surface area contributed by atoms with E-state index in [-0.39, 0.29) is 11.6 Å². The Labute approximate surface area is 197 Å². The van der Waals surface area contributed by atoms with Gasteiger partial charge in [-0.25, -0.2) is 14.5 Å². The number of nitrogens with zero attached hydrogens (tertiary/aromatic N) is 3. The van der Waals surface area contributed by atoms with Crippen molar-refractivity contribution in [3.63, 3.8) is 0 Å². The number of amides is 2. The number of halogens is 1. The molecule has 0 saturated heterocycles. The van der Waals surface area contributed by atoms with Crippen molar-refractivity contribution in [3.05, 3.63) is 87.3 Å². The van der Waals surface area contributed by atoms with Gasteiger partial charge in [0.05, 0.1) is 18.5 Å². The Bertz CT molecular complexity index is 1380. The number of benzene rings is 2. The minimum Gasteiger partial charge on any atom is -0.497 e. The molecule has 1 aliphatic rings. The van der Waals surface area contributed by atoms with Crippen LogP contribution in [-0.2, 0) is 6.42 Å². The van der Waals surface area contributed by atoms with E-state index in [4.69, 9.17) is 4.74 Å². The first kappa shape index (κ1) is 21.0. The number of nitrogens with one attached hydrogen (secondary N) is 2. The molecule has 9 heteroatoms. The highest BCUT2D eigenvalue weighted by Crippen LogP contribution is 2.33. The lowest BCUT2D eigenvalue weighted by atomic mass is 10.1. The number of carbonyl (C=O) groups excluding carboxylic acids is 1. The van der Waals surface area contributed by atoms with Crippen molar-refractivity contribution in [2.45, 2.75) is 6.42 Å². The highest BCUT2D eigenvalue weighted by Gasteiger charge is 2.29. The van der Waals surface area contributed by atoms with Crippen LogP contribution in [0.25, 0.3) is 16.9 Å². The van der Waals surface area contributed by atoms with Crippen LogP contribution in [0.5, 0.6) is 5.75 Å². The molecule has 0 bridgehead atoms. The standard InChI is InChI=1S/C24H20BrN5O3/c1-33-18-10-8-17(9-11-18)30-23(31)20-12-14-29(22-19(21(20)28-30)3-2-13-26-22)24(32)27-16-6-4-15(25)5-7-16/h2-11,13,28H,12,14H2,1H3,(H,27,32). The number of aromatic amines is 1. The summed E-state index contributed by atoms with van der Waals surface area (Å²) in [6, 6.07) is 17.9. The summed E-state index contributed by atoms with van der Waals surface area (Å²) in [5.74, 6) is 1.20. The molecule has 5 rings (SSSR count). The molecule has 2 amide bonds. The van der Waals surface area contributed by atoms with Gasteiger partial charge < -0.3 is 10.1 Å². The van der Waals surface area contributed by atoms with Crippen LogP contribution in [0.4, 0.5) is 16.3 Å². The van der Waals surface area contributed by atoms with Gasteiger partial charge in [-0.3, -0.25) is 14.8 Å². The van der Waals surface area contributed by atoms with Crippen LogP contribution in [0.2, 0.25) is 0 Å². The fourth-order valence-electron chi connectivity index (χ4n) is 3.90. The zero-order chi connectivity index (χ0) is 22.9. The highest BCUT2D eigenvalue weighted by molar-refractivity contribution is 9.10. The Morgan fingerprint density at radius 3 is 2.61 bits per heavy atom. The van der Waals surface area contributed by atoms with Crippen molar-refractivity contribution in [1.29, 1.82) is 0 Å². The Balaban J connectivity index is 1.52. The second-order valence-electron chi connectivity index (χ2n) is 7.52. The van der Waals surface area contributed by atoms with Gasteiger partial charge in [-0.15, -0.1) is 0 Å². The van der Waals surface area contributed by atoms with Gasteiger partial charge in [0.25, 0.3) is 5.56 Å². The molecule has 2 aromatic carbocycles. The Kier molecular flexibility index (Phi) is 5.47. The number of pyridine rings is 1. The second-order valence-corrected chi connectivity index (χ2v) is 8.43. The molecule has 0 radical (unpaired) electrons. The number of carbonyl (C=O) groups is 1. The predicted octanol–water partition coefficient (Wildman–Crippen LogP) is 4.59. The third-order valence-corrected chi connectivity index (χ3v) is 6.08. The lowest BCUT2D eigenvalue weighted by Crippen LogP contribution is -2.37. The van der Waals surface area contributed by atoms with E-state index in [0.29, 0.717) is 52.7 Å². The third kappa shape index (κ3) is 3.91. The van der Waals surface area contributed by atoms with Gasteiger partial charge in [0.2, 0.25) is 0 Å². The molecular formula is C24H20BrN5O3. The van der Waals surface area contributed by atoms with E-state index in [1.165, 1.54) is 4.68 Å². The molecule has 0 aliphatic carbocycles. The molecule has 0 fully saturated rings. The largest absolute Gasteiger partial charge is 0.497 e. The first-order chi connectivity index (χ1) is 16.0. The van der Waals surface area contributed by atoms with Gasteiger partial charge in [-0.2, -0.15) is 0 Å². The Hall–Kier alpha value is -3.85. The van der Waals surface area contributed by atoms with Gasteiger partial charge in [0.15, 0.2) is 0 Å². The summed E-state index contributed by atoms with van der Waals surface area (Å²) < 4.78 is 7.65. The fourth-order valence-corrected chi connectivity index (χ4v) is 4.16. The van der Waals surface area contributed by atoms with Gasteiger partial charge in [-0.05, 0) is 67.1 Å². The van der Waals surface area contributed by atoms with Crippen LogP contribution in [-0.4, -0.2) is 34.5 Å². The van der Waals surface area contributed by atoms with Gasteiger partial charge in [0, 0.05) is 34.0 Å². The first-order valence-electron chi connectivity index (χ1n) is 10.3. The van der Waals surface area contributed by atoms with Crippen LogP contribution >= 0.6 is 15.9 Å². The monoisotopic (exact) mass is 505 g/mol. The van der Waals surface area contributed by atoms with E-state index < -0.39 is 0 Å². The van der Waals surface area contributed by atoms with Crippen molar-refractivity contribution >= 4 is 33.5 Å². The third-order valence-electron chi connectivity index (χ3n) is 5.55. The molecule has 2 aromatic heterocycles. The molecule has 1 aliphatic heterocycles. The summed E-state index contributed by atoms with van der Waals surface area (Å²) in [7, 11) is 1.60. The maximum absolute atomic E-state index is 13.3. The quantitative estimate of drug-likeness (QED) is 0.425. The molecule has 33 heavy (non-hydrogen) atoms. The molecule has 3 heterocycles. The minimum absolute atomic E-state index is 0.153. The Morgan fingerprint density at radius 2 is 1.88 bits per heavy atom. The summed E-state index contributed by atoms with van der Waals surface area (Å²) in [6.45, 7) is 0.315. The predicted molar refractivity (Wildman–Crippen MR) is 130 cm³/mol. The molecule has 4 aromatic rings. The van der Waals surface area contributed by atoms with Crippen molar-refractivity contribution in [2.75, 3.05) is 23.9 Å². The number of urea groups is 1. The molecular weight excluding hydrogens is 486 g/mol. The van der Waals surface area contributed by atoms with Crippen LogP contribution in [0.1, 0.15) is 5.56 Å². The maximum Gasteiger partial charge on any atom is 0.327 e. The number of anilines is 2. The zero-order valence-corrected chi connectivity index (χ0v) is 19.3.